The number of imidazole rings is 1. The number of piperazine rings is 1. The first-order valence-electron chi connectivity index (χ1n) is 10.2. The van der Waals surface area contributed by atoms with E-state index in [9.17, 15) is 9.18 Å². The average molecular weight is 430 g/mol. The number of carbonyl (C=O) groups excluding carboxylic acids is 1. The summed E-state index contributed by atoms with van der Waals surface area (Å²) < 4.78 is 15.6. The molecule has 0 bridgehead atoms. The van der Waals surface area contributed by atoms with E-state index in [0.717, 1.165) is 41.5 Å². The minimum Gasteiger partial charge on any atom is -0.333 e. The number of nitrogens with one attached hydrogen (secondary N) is 1. The maximum atomic E-state index is 13.4. The van der Waals surface area contributed by atoms with Crippen LogP contribution in [0.5, 0.6) is 0 Å². The summed E-state index contributed by atoms with van der Waals surface area (Å²) in [6.07, 6.45) is 2.11. The maximum absolute atomic E-state index is 13.4. The van der Waals surface area contributed by atoms with Gasteiger partial charge in [-0.2, -0.15) is 0 Å². The van der Waals surface area contributed by atoms with E-state index >= 15 is 0 Å². The molecule has 0 radical (unpaired) electrons. The van der Waals surface area contributed by atoms with E-state index in [0.29, 0.717) is 13.1 Å². The molecule has 1 saturated heterocycles. The first kappa shape index (κ1) is 20.8. The monoisotopic (exact) mass is 429 g/mol. The molecule has 0 spiro atoms. The normalized spacial score (nSPS) is 15.7. The van der Waals surface area contributed by atoms with E-state index < -0.39 is 0 Å². The van der Waals surface area contributed by atoms with Crippen molar-refractivity contribution in [2.24, 2.45) is 0 Å². The molecule has 0 unspecified atom stereocenters. The van der Waals surface area contributed by atoms with Gasteiger partial charge in [-0.05, 0) is 52.0 Å². The van der Waals surface area contributed by atoms with Crippen molar-refractivity contribution in [1.29, 1.82) is 0 Å². The Morgan fingerprint density at radius 1 is 1.17 bits per heavy atom. The Hall–Kier alpha value is -2.45. The van der Waals surface area contributed by atoms with Crippen LogP contribution in [0.2, 0.25) is 0 Å². The van der Waals surface area contributed by atoms with Gasteiger partial charge in [-0.1, -0.05) is 0 Å². The maximum Gasteiger partial charge on any atom is 0.317 e. The lowest BCUT2D eigenvalue weighted by Gasteiger charge is -2.36. The zero-order valence-electron chi connectivity index (χ0n) is 17.9. The molecule has 6 nitrogen and oxygen atoms in total. The quantitative estimate of drug-likeness (QED) is 0.681. The third kappa shape index (κ3) is 4.49. The van der Waals surface area contributed by atoms with E-state index in [2.05, 4.69) is 27.7 Å². The molecule has 3 aromatic rings. The van der Waals surface area contributed by atoms with Crippen molar-refractivity contribution in [2.75, 3.05) is 26.2 Å². The van der Waals surface area contributed by atoms with Gasteiger partial charge < -0.3 is 10.2 Å². The number of hydrogen-bond donors (Lipinski definition) is 1. The molecular weight excluding hydrogens is 401 g/mol. The highest BCUT2D eigenvalue weighted by Gasteiger charge is 2.26. The highest BCUT2D eigenvalue weighted by Crippen LogP contribution is 2.29. The van der Waals surface area contributed by atoms with Gasteiger partial charge in [0.1, 0.15) is 5.82 Å². The molecular formula is C22H28FN5OS. The highest BCUT2D eigenvalue weighted by atomic mass is 32.1. The fourth-order valence-corrected chi connectivity index (χ4v) is 4.56. The predicted molar refractivity (Wildman–Crippen MR) is 118 cm³/mol. The van der Waals surface area contributed by atoms with E-state index in [1.165, 1.54) is 17.0 Å². The summed E-state index contributed by atoms with van der Waals surface area (Å²) >= 11 is 1.65. The van der Waals surface area contributed by atoms with Crippen LogP contribution >= 0.6 is 11.3 Å². The molecule has 0 aliphatic carbocycles. The number of fused-ring (bicyclic) bond motifs is 1. The van der Waals surface area contributed by atoms with Gasteiger partial charge >= 0.3 is 6.03 Å². The van der Waals surface area contributed by atoms with E-state index in [1.54, 1.807) is 23.5 Å². The van der Waals surface area contributed by atoms with Crippen LogP contribution in [-0.4, -0.2) is 56.9 Å². The van der Waals surface area contributed by atoms with Crippen molar-refractivity contribution >= 4 is 22.3 Å². The first-order valence-corrected chi connectivity index (χ1v) is 11.0. The molecule has 4 rings (SSSR count). The zero-order valence-corrected chi connectivity index (χ0v) is 18.7. The van der Waals surface area contributed by atoms with E-state index in [4.69, 9.17) is 4.98 Å². The topological polar surface area (TPSA) is 52.9 Å². The van der Waals surface area contributed by atoms with Crippen LogP contribution in [0.3, 0.4) is 0 Å². The number of aromatic nitrogens is 2. The van der Waals surface area contributed by atoms with Crippen molar-refractivity contribution in [3.05, 3.63) is 46.9 Å². The van der Waals surface area contributed by atoms with Gasteiger partial charge in [0, 0.05) is 54.9 Å². The molecule has 0 saturated carbocycles. The number of halogens is 1. The Kier molecular flexibility index (Phi) is 5.55. The number of urea groups is 1. The van der Waals surface area contributed by atoms with Crippen LogP contribution < -0.4 is 5.32 Å². The van der Waals surface area contributed by atoms with Crippen LogP contribution in [0.4, 0.5) is 9.18 Å². The van der Waals surface area contributed by atoms with Crippen molar-refractivity contribution < 1.29 is 9.18 Å². The second-order valence-electron chi connectivity index (χ2n) is 8.85. The average Bonchev–Trinajstić information content (AvgIpc) is 3.19. The van der Waals surface area contributed by atoms with E-state index in [1.807, 2.05) is 25.7 Å². The molecule has 1 N–H and O–H groups in total. The van der Waals surface area contributed by atoms with Gasteiger partial charge in [-0.3, -0.25) is 9.30 Å². The Labute approximate surface area is 180 Å². The standard InChI is InChI=1S/C22H28FN5OS/c1-15-13-28-18(19(24-21(28)30-15)16-5-7-17(23)8-6-16)14-26-9-11-27(12-10-26)20(29)25-22(2,3)4/h5-8,13H,9-12,14H2,1-4H3,(H,25,29). The number of aryl methyl sites for hydroxylation is 1. The van der Waals surface area contributed by atoms with Gasteiger partial charge in [0.2, 0.25) is 0 Å². The Morgan fingerprint density at radius 2 is 1.83 bits per heavy atom. The largest absolute Gasteiger partial charge is 0.333 e. The fourth-order valence-electron chi connectivity index (χ4n) is 3.71. The number of rotatable bonds is 3. The van der Waals surface area contributed by atoms with Crippen LogP contribution in [0, 0.1) is 12.7 Å². The SMILES string of the molecule is Cc1cn2c(CN3CCN(C(=O)NC(C)(C)C)CC3)c(-c3ccc(F)cc3)nc2s1. The molecule has 1 aliphatic rings. The summed E-state index contributed by atoms with van der Waals surface area (Å²) in [5.74, 6) is -0.248. The molecule has 2 aromatic heterocycles. The molecule has 8 heteroatoms. The molecule has 2 amide bonds. The van der Waals surface area contributed by atoms with Crippen molar-refractivity contribution in [3.8, 4) is 11.3 Å². The highest BCUT2D eigenvalue weighted by molar-refractivity contribution is 7.17. The first-order chi connectivity index (χ1) is 14.2. The van der Waals surface area contributed by atoms with Crippen LogP contribution in [0.15, 0.2) is 30.5 Å². The van der Waals surface area contributed by atoms with Crippen LogP contribution in [-0.2, 0) is 6.54 Å². The Morgan fingerprint density at radius 3 is 2.47 bits per heavy atom. The van der Waals surface area contributed by atoms with Crippen LogP contribution in [0.25, 0.3) is 16.2 Å². The van der Waals surface area contributed by atoms with Gasteiger partial charge in [-0.15, -0.1) is 11.3 Å². The van der Waals surface area contributed by atoms with E-state index in [-0.39, 0.29) is 17.4 Å². The van der Waals surface area contributed by atoms with Gasteiger partial charge in [0.25, 0.3) is 0 Å². The molecule has 1 aliphatic heterocycles. The third-order valence-corrected chi connectivity index (χ3v) is 6.07. The predicted octanol–water partition coefficient (Wildman–Crippen LogP) is 4.14. The molecule has 30 heavy (non-hydrogen) atoms. The number of thiazole rings is 1. The summed E-state index contributed by atoms with van der Waals surface area (Å²) in [4.78, 5) is 23.7. The summed E-state index contributed by atoms with van der Waals surface area (Å²) in [5, 5.41) is 3.04. The van der Waals surface area contributed by atoms with Gasteiger partial charge in [-0.25, -0.2) is 14.2 Å². The molecule has 1 fully saturated rings. The lowest BCUT2D eigenvalue weighted by atomic mass is 10.1. The lowest BCUT2D eigenvalue weighted by molar-refractivity contribution is 0.130. The van der Waals surface area contributed by atoms with Crippen molar-refractivity contribution in [2.45, 2.75) is 39.8 Å². The minimum atomic E-state index is -0.248. The molecule has 160 valence electrons. The summed E-state index contributed by atoms with van der Waals surface area (Å²) in [7, 11) is 0. The fraction of sp³-hybridized carbons (Fsp3) is 0.455. The third-order valence-electron chi connectivity index (χ3n) is 5.17. The van der Waals surface area contributed by atoms with Gasteiger partial charge in [0.05, 0.1) is 11.4 Å². The number of hydrogen-bond acceptors (Lipinski definition) is 4. The smallest absolute Gasteiger partial charge is 0.317 e. The van der Waals surface area contributed by atoms with Crippen molar-refractivity contribution in [1.82, 2.24) is 24.5 Å². The Bertz CT molecular complexity index is 1040. The number of carbonyl (C=O) groups is 1. The molecule has 0 atom stereocenters. The zero-order chi connectivity index (χ0) is 21.5. The number of amides is 2. The van der Waals surface area contributed by atoms with Crippen LogP contribution in [0.1, 0.15) is 31.3 Å². The van der Waals surface area contributed by atoms with Crippen molar-refractivity contribution in [3.63, 3.8) is 0 Å². The summed E-state index contributed by atoms with van der Waals surface area (Å²) in [6.45, 7) is 11.8. The minimum absolute atomic E-state index is 0.00523. The number of nitrogens with zero attached hydrogens (tertiary/aromatic N) is 4. The second-order valence-corrected chi connectivity index (χ2v) is 10.1. The summed E-state index contributed by atoms with van der Waals surface area (Å²) in [6, 6.07) is 6.52. The number of benzene rings is 1. The second kappa shape index (κ2) is 8.00. The molecule has 3 heterocycles. The molecule has 1 aromatic carbocycles. The Balaban J connectivity index is 1.52. The van der Waals surface area contributed by atoms with Gasteiger partial charge in [0.15, 0.2) is 4.96 Å². The lowest BCUT2D eigenvalue weighted by Crippen LogP contribution is -2.54. The summed E-state index contributed by atoms with van der Waals surface area (Å²) in [5.41, 5.74) is 2.68.